The van der Waals surface area contributed by atoms with E-state index >= 15 is 0 Å². The molecule has 0 saturated heterocycles. The van der Waals surface area contributed by atoms with Crippen LogP contribution < -0.4 is 11.0 Å². The topological polar surface area (TPSA) is 46.9 Å². The molecule has 0 amide bonds. The summed E-state index contributed by atoms with van der Waals surface area (Å²) in [6, 6.07) is 0. The molecule has 0 aromatic carbocycles. The molecule has 1 aromatic rings. The summed E-state index contributed by atoms with van der Waals surface area (Å²) >= 11 is 3.46. The van der Waals surface area contributed by atoms with Gasteiger partial charge in [0.2, 0.25) is 0 Å². The number of halogens is 1. The van der Waals surface area contributed by atoms with Crippen LogP contribution in [0.4, 0.5) is 0 Å². The Kier molecular flexibility index (Phi) is 5.10. The largest absolute Gasteiger partial charge is 0.348 e. The molecular weight excluding hydrogens is 306 g/mol. The molecule has 1 rings (SSSR count). The third-order valence-electron chi connectivity index (χ3n) is 2.78. The van der Waals surface area contributed by atoms with E-state index in [0.29, 0.717) is 13.1 Å². The predicted molar refractivity (Wildman–Crippen MR) is 82.6 cm³/mol. The molecule has 106 valence electrons. The van der Waals surface area contributed by atoms with Gasteiger partial charge in [0.1, 0.15) is 0 Å². The number of hydrogen-bond donors (Lipinski definition) is 1. The summed E-state index contributed by atoms with van der Waals surface area (Å²) in [6.45, 7) is 15.2. The number of hydrogen-bond acceptors (Lipinski definition) is 3. The fraction of sp³-hybridized carbons (Fsp3) is 0.571. The van der Waals surface area contributed by atoms with Gasteiger partial charge in [-0.1, -0.05) is 6.58 Å². The summed E-state index contributed by atoms with van der Waals surface area (Å²) in [4.78, 5) is 15.9. The first-order valence-electron chi connectivity index (χ1n) is 6.27. The molecule has 0 aliphatic heterocycles. The molecule has 0 aliphatic rings. The number of nitrogens with one attached hydrogen (secondary N) is 1. The fourth-order valence-corrected chi connectivity index (χ4v) is 1.94. The Morgan fingerprint density at radius 2 is 2.00 bits per heavy atom. The van der Waals surface area contributed by atoms with Crippen molar-refractivity contribution in [2.24, 2.45) is 0 Å². The fourth-order valence-electron chi connectivity index (χ4n) is 1.63. The van der Waals surface area contributed by atoms with Gasteiger partial charge in [-0.05, 0) is 56.1 Å². The summed E-state index contributed by atoms with van der Waals surface area (Å²) in [6.07, 6.45) is 0. The first kappa shape index (κ1) is 16.1. The Balaban J connectivity index is 2.87. The highest BCUT2D eigenvalue weighted by Crippen LogP contribution is 2.17. The smallest absolute Gasteiger partial charge is 0.308 e. The van der Waals surface area contributed by atoms with E-state index in [1.54, 1.807) is 4.57 Å². The van der Waals surface area contributed by atoms with Crippen LogP contribution in [0.1, 0.15) is 32.2 Å². The summed E-state index contributed by atoms with van der Waals surface area (Å²) in [7, 11) is 0. The Labute approximate surface area is 123 Å². The predicted octanol–water partition coefficient (Wildman–Crippen LogP) is 2.57. The lowest BCUT2D eigenvalue weighted by molar-refractivity contribution is 0.439. The minimum absolute atomic E-state index is 0.0368. The van der Waals surface area contributed by atoms with Crippen LogP contribution in [0.3, 0.4) is 0 Å². The summed E-state index contributed by atoms with van der Waals surface area (Å²) in [5, 5.41) is 3.36. The molecule has 19 heavy (non-hydrogen) atoms. The van der Waals surface area contributed by atoms with Crippen LogP contribution in [0.25, 0.3) is 0 Å². The number of nitrogens with zero attached hydrogens (tertiary/aromatic N) is 2. The van der Waals surface area contributed by atoms with Crippen molar-refractivity contribution in [1.29, 1.82) is 0 Å². The van der Waals surface area contributed by atoms with Crippen LogP contribution in [0, 0.1) is 13.8 Å². The van der Waals surface area contributed by atoms with Gasteiger partial charge in [0.25, 0.3) is 0 Å². The Morgan fingerprint density at radius 3 is 2.53 bits per heavy atom. The van der Waals surface area contributed by atoms with E-state index < -0.39 is 0 Å². The highest BCUT2D eigenvalue weighted by atomic mass is 79.9. The van der Waals surface area contributed by atoms with Gasteiger partial charge in [0, 0.05) is 24.3 Å². The van der Waals surface area contributed by atoms with Crippen molar-refractivity contribution in [3.63, 3.8) is 0 Å². The van der Waals surface area contributed by atoms with Crippen LogP contribution in [0.2, 0.25) is 0 Å². The van der Waals surface area contributed by atoms with Crippen molar-refractivity contribution in [3.05, 3.63) is 38.5 Å². The van der Waals surface area contributed by atoms with E-state index in [1.807, 2.05) is 13.8 Å². The second-order valence-electron chi connectivity index (χ2n) is 5.82. The van der Waals surface area contributed by atoms with Gasteiger partial charge in [-0.3, -0.25) is 4.57 Å². The molecular formula is C14H22BrN3O. The molecule has 0 fully saturated rings. The molecule has 1 heterocycles. The van der Waals surface area contributed by atoms with Crippen LogP contribution in [-0.2, 0) is 6.54 Å². The van der Waals surface area contributed by atoms with E-state index in [0.717, 1.165) is 21.4 Å². The van der Waals surface area contributed by atoms with Crippen molar-refractivity contribution >= 4 is 15.9 Å². The Morgan fingerprint density at radius 1 is 1.42 bits per heavy atom. The molecule has 0 unspecified atom stereocenters. The van der Waals surface area contributed by atoms with Gasteiger partial charge in [-0.25, -0.2) is 4.79 Å². The lowest BCUT2D eigenvalue weighted by Crippen LogP contribution is -2.38. The monoisotopic (exact) mass is 327 g/mol. The molecule has 0 aliphatic carbocycles. The van der Waals surface area contributed by atoms with Crippen molar-refractivity contribution in [1.82, 2.24) is 14.9 Å². The van der Waals surface area contributed by atoms with Gasteiger partial charge in [-0.15, -0.1) is 0 Å². The van der Waals surface area contributed by atoms with Crippen LogP contribution >= 0.6 is 15.9 Å². The zero-order valence-electron chi connectivity index (χ0n) is 12.3. The maximum atomic E-state index is 11.9. The minimum atomic E-state index is -0.227. The normalized spacial score (nSPS) is 11.7. The van der Waals surface area contributed by atoms with E-state index in [2.05, 4.69) is 53.6 Å². The summed E-state index contributed by atoms with van der Waals surface area (Å²) in [5.41, 5.74) is 2.37. The minimum Gasteiger partial charge on any atom is -0.308 e. The van der Waals surface area contributed by atoms with Gasteiger partial charge in [0.05, 0.1) is 10.2 Å². The van der Waals surface area contributed by atoms with Crippen molar-refractivity contribution in [3.8, 4) is 0 Å². The van der Waals surface area contributed by atoms with Crippen molar-refractivity contribution < 1.29 is 0 Å². The molecule has 4 nitrogen and oxygen atoms in total. The Hall–Kier alpha value is -0.940. The number of aryl methyl sites for hydroxylation is 1. The lowest BCUT2D eigenvalue weighted by atomic mass is 10.1. The SMILES string of the molecule is C=C(CNC(C)(C)C)Cn1c(C)c(Br)c(C)nc1=O. The van der Waals surface area contributed by atoms with E-state index in [-0.39, 0.29) is 11.2 Å². The average Bonchev–Trinajstić information content (AvgIpc) is 2.28. The lowest BCUT2D eigenvalue weighted by Gasteiger charge is -2.22. The number of aromatic nitrogens is 2. The number of rotatable bonds is 4. The third kappa shape index (κ3) is 4.58. The zero-order chi connectivity index (χ0) is 14.8. The standard InChI is InChI=1S/C14H22BrN3O/c1-9(7-16-14(4,5)6)8-18-11(3)12(15)10(2)17-13(18)19/h16H,1,7-8H2,2-6H3. The molecule has 1 N–H and O–H groups in total. The van der Waals surface area contributed by atoms with Crippen LogP contribution in [0.5, 0.6) is 0 Å². The van der Waals surface area contributed by atoms with Gasteiger partial charge >= 0.3 is 5.69 Å². The van der Waals surface area contributed by atoms with Crippen LogP contribution in [-0.4, -0.2) is 21.6 Å². The van der Waals surface area contributed by atoms with E-state index in [4.69, 9.17) is 0 Å². The summed E-state index contributed by atoms with van der Waals surface area (Å²) < 4.78 is 2.52. The molecule has 0 bridgehead atoms. The maximum absolute atomic E-state index is 11.9. The van der Waals surface area contributed by atoms with Gasteiger partial charge in [0.15, 0.2) is 0 Å². The molecule has 0 radical (unpaired) electrons. The molecule has 5 heteroatoms. The zero-order valence-corrected chi connectivity index (χ0v) is 13.9. The quantitative estimate of drug-likeness (QED) is 0.864. The molecule has 1 aromatic heterocycles. The third-order valence-corrected chi connectivity index (χ3v) is 3.93. The average molecular weight is 328 g/mol. The van der Waals surface area contributed by atoms with Crippen molar-refractivity contribution in [2.75, 3.05) is 6.54 Å². The first-order chi connectivity index (χ1) is 8.61. The highest BCUT2D eigenvalue weighted by Gasteiger charge is 2.12. The van der Waals surface area contributed by atoms with E-state index in [1.165, 1.54) is 0 Å². The molecule has 0 atom stereocenters. The molecule has 0 saturated carbocycles. The molecule has 0 spiro atoms. The summed E-state index contributed by atoms with van der Waals surface area (Å²) in [5.74, 6) is 0. The van der Waals surface area contributed by atoms with Gasteiger partial charge < -0.3 is 5.32 Å². The second-order valence-corrected chi connectivity index (χ2v) is 6.61. The highest BCUT2D eigenvalue weighted by molar-refractivity contribution is 9.10. The second kappa shape index (κ2) is 6.01. The van der Waals surface area contributed by atoms with Gasteiger partial charge in [-0.2, -0.15) is 4.98 Å². The van der Waals surface area contributed by atoms with E-state index in [9.17, 15) is 4.79 Å². The van der Waals surface area contributed by atoms with Crippen molar-refractivity contribution in [2.45, 2.75) is 46.7 Å². The van der Waals surface area contributed by atoms with Crippen LogP contribution in [0.15, 0.2) is 21.4 Å². The first-order valence-corrected chi connectivity index (χ1v) is 7.06. The Bertz CT molecular complexity index is 541. The maximum Gasteiger partial charge on any atom is 0.348 e.